The SMILES string of the molecule is Cc1c(C)c(C)c(N2C=CN(c3cc(Oc4ccc5c6ccccc6n(-c6cc(C(C)(C)C)ccn6)c5c4)cc(-c4ccccc4)c3)C2)c(C)c1C. The molecule has 0 fully saturated rings. The molecule has 52 heavy (non-hydrogen) atoms. The number of hydrogen-bond acceptors (Lipinski definition) is 4. The summed E-state index contributed by atoms with van der Waals surface area (Å²) >= 11 is 0. The Balaban J connectivity index is 1.20. The first-order chi connectivity index (χ1) is 25.0. The Bertz CT molecular complexity index is 2490. The van der Waals surface area contributed by atoms with Gasteiger partial charge in [0.25, 0.3) is 0 Å². The molecule has 0 amide bonds. The van der Waals surface area contributed by atoms with E-state index in [1.807, 2.05) is 6.20 Å². The van der Waals surface area contributed by atoms with Crippen LogP contribution in [0.2, 0.25) is 0 Å². The molecule has 8 rings (SSSR count). The standard InChI is InChI=1S/C47H46N4O/c1-30-31(2)33(4)46(34(5)32(30)3)50-23-22-49(29-50)38-24-36(35-14-10-9-11-15-35)25-40(27-38)52-39-18-19-42-41-16-12-13-17-43(41)51(44(42)28-39)45-26-37(20-21-48-45)47(6,7)8/h9-28H,29H2,1-8H3. The molecular formula is C47H46N4O. The summed E-state index contributed by atoms with van der Waals surface area (Å²) in [6, 6.07) is 36.4. The van der Waals surface area contributed by atoms with Crippen molar-refractivity contribution in [3.63, 3.8) is 0 Å². The maximum Gasteiger partial charge on any atom is 0.137 e. The van der Waals surface area contributed by atoms with Crippen molar-refractivity contribution in [1.82, 2.24) is 9.55 Å². The van der Waals surface area contributed by atoms with E-state index in [2.05, 4.69) is 185 Å². The second-order valence-corrected chi connectivity index (χ2v) is 15.2. The van der Waals surface area contributed by atoms with Gasteiger partial charge in [-0.3, -0.25) is 4.57 Å². The molecule has 0 saturated heterocycles. The predicted octanol–water partition coefficient (Wildman–Crippen LogP) is 12.2. The van der Waals surface area contributed by atoms with E-state index in [0.29, 0.717) is 6.67 Å². The summed E-state index contributed by atoms with van der Waals surface area (Å²) in [5, 5.41) is 2.36. The summed E-state index contributed by atoms with van der Waals surface area (Å²) in [5.74, 6) is 2.46. The van der Waals surface area contributed by atoms with Crippen molar-refractivity contribution in [2.75, 3.05) is 16.5 Å². The van der Waals surface area contributed by atoms with E-state index in [1.165, 1.54) is 49.8 Å². The molecule has 5 aromatic carbocycles. The van der Waals surface area contributed by atoms with Gasteiger partial charge in [0.1, 0.15) is 17.3 Å². The molecule has 260 valence electrons. The number of rotatable bonds is 6. The van der Waals surface area contributed by atoms with Gasteiger partial charge in [-0.1, -0.05) is 69.3 Å². The summed E-state index contributed by atoms with van der Waals surface area (Å²) in [5.41, 5.74) is 14.8. The van der Waals surface area contributed by atoms with Crippen LogP contribution in [0.25, 0.3) is 38.8 Å². The normalized spacial score (nSPS) is 13.2. The molecular weight excluding hydrogens is 637 g/mol. The molecule has 0 unspecified atom stereocenters. The molecule has 2 aromatic heterocycles. The Morgan fingerprint density at radius 2 is 1.25 bits per heavy atom. The van der Waals surface area contributed by atoms with Crippen LogP contribution in [0.15, 0.2) is 122 Å². The van der Waals surface area contributed by atoms with E-state index >= 15 is 0 Å². The second-order valence-electron chi connectivity index (χ2n) is 15.2. The van der Waals surface area contributed by atoms with Crippen molar-refractivity contribution in [3.8, 4) is 28.4 Å². The lowest BCUT2D eigenvalue weighted by atomic mass is 9.88. The van der Waals surface area contributed by atoms with Crippen molar-refractivity contribution in [3.05, 3.63) is 155 Å². The Hall–Kier alpha value is -5.81. The molecule has 1 aliphatic heterocycles. The molecule has 0 aliphatic carbocycles. The van der Waals surface area contributed by atoms with Crippen molar-refractivity contribution in [2.24, 2.45) is 0 Å². The molecule has 5 heteroatoms. The highest BCUT2D eigenvalue weighted by Crippen LogP contribution is 2.40. The maximum atomic E-state index is 6.81. The van der Waals surface area contributed by atoms with E-state index in [-0.39, 0.29) is 5.41 Å². The fourth-order valence-electron chi connectivity index (χ4n) is 7.65. The number of para-hydroxylation sites is 1. The Morgan fingerprint density at radius 3 is 2.00 bits per heavy atom. The number of nitrogens with zero attached hydrogens (tertiary/aromatic N) is 4. The minimum Gasteiger partial charge on any atom is -0.457 e. The Labute approximate surface area is 307 Å². The quantitative estimate of drug-likeness (QED) is 0.175. The minimum atomic E-state index is 0.00341. The molecule has 5 nitrogen and oxygen atoms in total. The third-order valence-corrected chi connectivity index (χ3v) is 11.0. The fraction of sp³-hybridized carbons (Fsp3) is 0.213. The van der Waals surface area contributed by atoms with Crippen LogP contribution < -0.4 is 14.5 Å². The van der Waals surface area contributed by atoms with Crippen molar-refractivity contribution >= 4 is 33.2 Å². The van der Waals surface area contributed by atoms with Gasteiger partial charge in [0.2, 0.25) is 0 Å². The number of fused-ring (bicyclic) bond motifs is 3. The largest absolute Gasteiger partial charge is 0.457 e. The Kier molecular flexibility index (Phi) is 8.18. The topological polar surface area (TPSA) is 33.5 Å². The molecule has 0 radical (unpaired) electrons. The maximum absolute atomic E-state index is 6.81. The van der Waals surface area contributed by atoms with Gasteiger partial charge < -0.3 is 14.5 Å². The molecule has 0 spiro atoms. The molecule has 1 aliphatic rings. The van der Waals surface area contributed by atoms with Crippen LogP contribution >= 0.6 is 0 Å². The molecule has 0 atom stereocenters. The average molecular weight is 683 g/mol. The zero-order chi connectivity index (χ0) is 36.3. The third kappa shape index (κ3) is 5.80. The number of ether oxygens (including phenoxy) is 1. The lowest BCUT2D eigenvalue weighted by Gasteiger charge is -2.27. The molecule has 0 N–H and O–H groups in total. The van der Waals surface area contributed by atoms with Crippen LogP contribution in [0.5, 0.6) is 11.5 Å². The third-order valence-electron chi connectivity index (χ3n) is 11.0. The van der Waals surface area contributed by atoms with Crippen molar-refractivity contribution in [1.29, 1.82) is 0 Å². The first kappa shape index (κ1) is 33.3. The van der Waals surface area contributed by atoms with Crippen LogP contribution in [0.4, 0.5) is 11.4 Å². The molecule has 0 bridgehead atoms. The lowest BCUT2D eigenvalue weighted by molar-refractivity contribution is 0.483. The number of hydrogen-bond donors (Lipinski definition) is 0. The molecule has 7 aromatic rings. The fourth-order valence-corrected chi connectivity index (χ4v) is 7.65. The predicted molar refractivity (Wildman–Crippen MR) is 218 cm³/mol. The van der Waals surface area contributed by atoms with E-state index < -0.39 is 0 Å². The van der Waals surface area contributed by atoms with Crippen molar-refractivity contribution < 1.29 is 4.74 Å². The summed E-state index contributed by atoms with van der Waals surface area (Å²) in [6.07, 6.45) is 6.31. The average Bonchev–Trinajstić information content (AvgIpc) is 3.76. The zero-order valence-corrected chi connectivity index (χ0v) is 31.5. The summed E-state index contributed by atoms with van der Waals surface area (Å²) in [4.78, 5) is 9.54. The van der Waals surface area contributed by atoms with Gasteiger partial charge in [-0.15, -0.1) is 0 Å². The number of anilines is 2. The highest BCUT2D eigenvalue weighted by atomic mass is 16.5. The van der Waals surface area contributed by atoms with Gasteiger partial charge in [0.15, 0.2) is 0 Å². The highest BCUT2D eigenvalue weighted by Gasteiger charge is 2.23. The first-order valence-electron chi connectivity index (χ1n) is 18.1. The molecule has 3 heterocycles. The first-order valence-corrected chi connectivity index (χ1v) is 18.1. The van der Waals surface area contributed by atoms with Crippen LogP contribution in [-0.4, -0.2) is 16.2 Å². The minimum absolute atomic E-state index is 0.00341. The van der Waals surface area contributed by atoms with Gasteiger partial charge in [-0.05, 0) is 127 Å². The van der Waals surface area contributed by atoms with Crippen LogP contribution in [0, 0.1) is 34.6 Å². The monoisotopic (exact) mass is 682 g/mol. The van der Waals surface area contributed by atoms with E-state index in [4.69, 9.17) is 9.72 Å². The number of pyridine rings is 1. The van der Waals surface area contributed by atoms with Crippen molar-refractivity contribution in [2.45, 2.75) is 60.8 Å². The van der Waals surface area contributed by atoms with E-state index in [0.717, 1.165) is 45.2 Å². The smallest absolute Gasteiger partial charge is 0.137 e. The van der Waals surface area contributed by atoms with Crippen LogP contribution in [-0.2, 0) is 5.41 Å². The van der Waals surface area contributed by atoms with E-state index in [1.54, 1.807) is 0 Å². The summed E-state index contributed by atoms with van der Waals surface area (Å²) < 4.78 is 9.07. The summed E-state index contributed by atoms with van der Waals surface area (Å²) in [7, 11) is 0. The van der Waals surface area contributed by atoms with Crippen LogP contribution in [0.1, 0.15) is 54.2 Å². The van der Waals surface area contributed by atoms with Gasteiger partial charge in [-0.25, -0.2) is 4.98 Å². The lowest BCUT2D eigenvalue weighted by Crippen LogP contribution is -2.26. The zero-order valence-electron chi connectivity index (χ0n) is 31.5. The second kappa shape index (κ2) is 12.8. The van der Waals surface area contributed by atoms with E-state index in [9.17, 15) is 0 Å². The number of benzene rings is 5. The van der Waals surface area contributed by atoms with Crippen LogP contribution in [0.3, 0.4) is 0 Å². The molecule has 0 saturated carbocycles. The van der Waals surface area contributed by atoms with Gasteiger partial charge in [0, 0.05) is 52.9 Å². The van der Waals surface area contributed by atoms with Gasteiger partial charge in [-0.2, -0.15) is 0 Å². The highest BCUT2D eigenvalue weighted by molar-refractivity contribution is 6.09. The summed E-state index contributed by atoms with van der Waals surface area (Å²) in [6.45, 7) is 18.6. The Morgan fingerprint density at radius 1 is 0.577 bits per heavy atom. The van der Waals surface area contributed by atoms with Gasteiger partial charge in [0.05, 0.1) is 17.7 Å². The van der Waals surface area contributed by atoms with Gasteiger partial charge >= 0.3 is 0 Å². The number of aromatic nitrogens is 2.